The summed E-state index contributed by atoms with van der Waals surface area (Å²) in [5.41, 5.74) is -0.448. The van der Waals surface area contributed by atoms with Gasteiger partial charge >= 0.3 is 0 Å². The highest BCUT2D eigenvalue weighted by Gasteiger charge is 2.35. The van der Waals surface area contributed by atoms with Crippen LogP contribution in [0.1, 0.15) is 33.1 Å². The van der Waals surface area contributed by atoms with Crippen LogP contribution in [0.2, 0.25) is 0 Å². The predicted octanol–water partition coefficient (Wildman–Crippen LogP) is 1.85. The van der Waals surface area contributed by atoms with Crippen LogP contribution < -0.4 is 5.32 Å². The highest BCUT2D eigenvalue weighted by Crippen LogP contribution is 2.31. The fourth-order valence-corrected chi connectivity index (χ4v) is 2.46. The van der Waals surface area contributed by atoms with Crippen LogP contribution in [0.5, 0.6) is 0 Å². The monoisotopic (exact) mass is 258 g/mol. The molecule has 1 aliphatic carbocycles. The number of amides is 1. The summed E-state index contributed by atoms with van der Waals surface area (Å²) in [6, 6.07) is 0.856. The number of carbonyl (C=O) groups excluding carboxylic acids is 1. The maximum absolute atomic E-state index is 11.9. The molecule has 1 saturated heterocycles. The van der Waals surface area contributed by atoms with Crippen molar-refractivity contribution in [1.82, 2.24) is 10.2 Å². The Morgan fingerprint density at radius 3 is 2.71 bits per heavy atom. The lowest BCUT2D eigenvalue weighted by Gasteiger charge is -2.22. The van der Waals surface area contributed by atoms with Crippen LogP contribution in [0.15, 0.2) is 0 Å². The van der Waals surface area contributed by atoms with Gasteiger partial charge in [-0.1, -0.05) is 0 Å². The van der Waals surface area contributed by atoms with Crippen molar-refractivity contribution in [3.8, 4) is 0 Å². The molecule has 3 nitrogen and oxygen atoms in total. The van der Waals surface area contributed by atoms with Crippen molar-refractivity contribution in [3.05, 3.63) is 0 Å². The van der Waals surface area contributed by atoms with Crippen LogP contribution in [-0.2, 0) is 4.79 Å². The van der Waals surface area contributed by atoms with Gasteiger partial charge in [0.15, 0.2) is 0 Å². The molecule has 2 fully saturated rings. The summed E-state index contributed by atoms with van der Waals surface area (Å²) in [6.45, 7) is 6.96. The Balaban J connectivity index is 1.70. The van der Waals surface area contributed by atoms with E-state index in [1.807, 2.05) is 13.8 Å². The molecule has 0 radical (unpaired) electrons. The molecule has 0 aromatic carbocycles. The molecule has 4 heteroatoms. The number of hydrogen-bond donors (Lipinski definition) is 1. The molecule has 1 aliphatic heterocycles. The Hall–Kier alpha value is -0.280. The lowest BCUT2D eigenvalue weighted by atomic mass is 9.95. The second kappa shape index (κ2) is 5.15. The molecule has 2 aliphatic rings. The largest absolute Gasteiger partial charge is 0.355 e. The highest BCUT2D eigenvalue weighted by atomic mass is 35.5. The molecule has 1 saturated carbocycles. The van der Waals surface area contributed by atoms with Gasteiger partial charge in [-0.25, -0.2) is 0 Å². The van der Waals surface area contributed by atoms with E-state index in [4.69, 9.17) is 11.6 Å². The number of carbonyl (C=O) groups is 1. The number of rotatable bonds is 5. The lowest BCUT2D eigenvalue weighted by Crippen LogP contribution is -2.40. The van der Waals surface area contributed by atoms with Gasteiger partial charge in [-0.3, -0.25) is 4.79 Å². The van der Waals surface area contributed by atoms with E-state index in [9.17, 15) is 4.79 Å². The Kier molecular flexibility index (Phi) is 3.99. The summed E-state index contributed by atoms with van der Waals surface area (Å²) in [6.07, 6.45) is 3.97. The molecule has 0 bridgehead atoms. The van der Waals surface area contributed by atoms with E-state index < -0.39 is 5.41 Å². The van der Waals surface area contributed by atoms with Crippen LogP contribution in [-0.4, -0.2) is 42.4 Å². The third kappa shape index (κ3) is 3.35. The van der Waals surface area contributed by atoms with Gasteiger partial charge in [-0.2, -0.15) is 0 Å². The van der Waals surface area contributed by atoms with Crippen molar-refractivity contribution in [2.75, 3.05) is 25.5 Å². The Morgan fingerprint density at radius 1 is 1.41 bits per heavy atom. The molecule has 98 valence electrons. The minimum atomic E-state index is -0.448. The zero-order chi connectivity index (χ0) is 12.5. The zero-order valence-corrected chi connectivity index (χ0v) is 11.6. The zero-order valence-electron chi connectivity index (χ0n) is 10.8. The van der Waals surface area contributed by atoms with Crippen LogP contribution in [0.4, 0.5) is 0 Å². The molecule has 2 rings (SSSR count). The standard InChI is InChI=1S/C13H23ClN2O/c1-13(2,9-14)12(17)15-7-10-5-6-16(8-10)11-3-4-11/h10-11H,3-9H2,1-2H3,(H,15,17). The van der Waals surface area contributed by atoms with Crippen molar-refractivity contribution in [2.45, 2.75) is 39.2 Å². The van der Waals surface area contributed by atoms with Gasteiger partial charge in [0, 0.05) is 25.0 Å². The number of alkyl halides is 1. The topological polar surface area (TPSA) is 32.3 Å². The highest BCUT2D eigenvalue weighted by molar-refractivity contribution is 6.19. The fraction of sp³-hybridized carbons (Fsp3) is 0.923. The maximum atomic E-state index is 11.9. The van der Waals surface area contributed by atoms with E-state index in [0.29, 0.717) is 11.8 Å². The van der Waals surface area contributed by atoms with Crippen molar-refractivity contribution >= 4 is 17.5 Å². The van der Waals surface area contributed by atoms with Crippen molar-refractivity contribution < 1.29 is 4.79 Å². The molecule has 1 heterocycles. The smallest absolute Gasteiger partial charge is 0.226 e. The summed E-state index contributed by atoms with van der Waals surface area (Å²) < 4.78 is 0. The second-order valence-corrected chi connectivity index (χ2v) is 6.38. The van der Waals surface area contributed by atoms with Gasteiger partial charge in [0.1, 0.15) is 0 Å². The van der Waals surface area contributed by atoms with Gasteiger partial charge in [-0.15, -0.1) is 11.6 Å². The average molecular weight is 259 g/mol. The first-order valence-electron chi connectivity index (χ1n) is 6.61. The second-order valence-electron chi connectivity index (χ2n) is 6.11. The van der Waals surface area contributed by atoms with Crippen molar-refractivity contribution in [3.63, 3.8) is 0 Å². The molecular weight excluding hydrogens is 236 g/mol. The Bertz CT molecular complexity index is 289. The predicted molar refractivity (Wildman–Crippen MR) is 70.2 cm³/mol. The van der Waals surface area contributed by atoms with Gasteiger partial charge in [0.05, 0.1) is 5.41 Å². The summed E-state index contributed by atoms with van der Waals surface area (Å²) in [4.78, 5) is 14.4. The summed E-state index contributed by atoms with van der Waals surface area (Å²) in [5, 5.41) is 3.05. The van der Waals surface area contributed by atoms with E-state index >= 15 is 0 Å². The van der Waals surface area contributed by atoms with Crippen LogP contribution in [0, 0.1) is 11.3 Å². The molecule has 17 heavy (non-hydrogen) atoms. The minimum Gasteiger partial charge on any atom is -0.355 e. The van der Waals surface area contributed by atoms with Gasteiger partial charge in [0.25, 0.3) is 0 Å². The Morgan fingerprint density at radius 2 is 2.12 bits per heavy atom. The third-order valence-corrected chi connectivity index (χ3v) is 4.55. The number of halogens is 1. The Labute approximate surface area is 109 Å². The summed E-state index contributed by atoms with van der Waals surface area (Å²) >= 11 is 5.79. The molecule has 0 aromatic heterocycles. The first-order chi connectivity index (χ1) is 8.03. The fourth-order valence-electron chi connectivity index (χ4n) is 2.34. The van der Waals surface area contributed by atoms with Crippen LogP contribution in [0.25, 0.3) is 0 Å². The maximum Gasteiger partial charge on any atom is 0.226 e. The molecule has 0 aromatic rings. The average Bonchev–Trinajstić information content (AvgIpc) is 3.06. The minimum absolute atomic E-state index is 0.0809. The molecule has 1 amide bonds. The number of likely N-dealkylation sites (tertiary alicyclic amines) is 1. The molecule has 1 atom stereocenters. The van der Waals surface area contributed by atoms with Crippen LogP contribution >= 0.6 is 11.6 Å². The molecule has 1 unspecified atom stereocenters. The van der Waals surface area contributed by atoms with Gasteiger partial charge < -0.3 is 10.2 Å². The SMILES string of the molecule is CC(C)(CCl)C(=O)NCC1CCN(C2CC2)C1. The third-order valence-electron chi connectivity index (χ3n) is 3.88. The number of nitrogens with zero attached hydrogens (tertiary/aromatic N) is 1. The molecule has 0 spiro atoms. The van der Waals surface area contributed by atoms with Gasteiger partial charge in [0.2, 0.25) is 5.91 Å². The normalized spacial score (nSPS) is 26.2. The van der Waals surface area contributed by atoms with E-state index in [1.165, 1.54) is 25.8 Å². The van der Waals surface area contributed by atoms with Gasteiger partial charge in [-0.05, 0) is 45.6 Å². The van der Waals surface area contributed by atoms with Crippen molar-refractivity contribution in [2.24, 2.45) is 11.3 Å². The van der Waals surface area contributed by atoms with E-state index in [0.717, 1.165) is 19.1 Å². The molecule has 1 N–H and O–H groups in total. The number of hydrogen-bond acceptors (Lipinski definition) is 2. The van der Waals surface area contributed by atoms with E-state index in [1.54, 1.807) is 0 Å². The lowest BCUT2D eigenvalue weighted by molar-refractivity contribution is -0.128. The first kappa shape index (κ1) is 13.2. The summed E-state index contributed by atoms with van der Waals surface area (Å²) in [7, 11) is 0. The van der Waals surface area contributed by atoms with Crippen LogP contribution in [0.3, 0.4) is 0 Å². The number of nitrogens with one attached hydrogen (secondary N) is 1. The molecular formula is C13H23ClN2O. The summed E-state index contributed by atoms with van der Waals surface area (Å²) in [5.74, 6) is 1.08. The van der Waals surface area contributed by atoms with E-state index in [-0.39, 0.29) is 5.91 Å². The quantitative estimate of drug-likeness (QED) is 0.764. The first-order valence-corrected chi connectivity index (χ1v) is 7.14. The van der Waals surface area contributed by atoms with E-state index in [2.05, 4.69) is 10.2 Å². The van der Waals surface area contributed by atoms with Crippen molar-refractivity contribution in [1.29, 1.82) is 0 Å².